The van der Waals surface area contributed by atoms with Gasteiger partial charge in [0, 0.05) is 25.0 Å². The molecule has 6 nitrogen and oxygen atoms in total. The Morgan fingerprint density at radius 3 is 3.16 bits per heavy atom. The van der Waals surface area contributed by atoms with Crippen LogP contribution in [-0.2, 0) is 17.8 Å². The van der Waals surface area contributed by atoms with Crippen LogP contribution in [0.25, 0.3) is 0 Å². The highest BCUT2D eigenvalue weighted by Crippen LogP contribution is 2.32. The largest absolute Gasteiger partial charge is 0.497 e. The second-order valence-corrected chi connectivity index (χ2v) is 6.74. The van der Waals surface area contributed by atoms with E-state index in [0.29, 0.717) is 6.61 Å². The molecule has 6 heteroatoms. The van der Waals surface area contributed by atoms with Crippen LogP contribution in [0.5, 0.6) is 11.5 Å². The lowest BCUT2D eigenvalue weighted by molar-refractivity contribution is -0.138. The van der Waals surface area contributed by atoms with E-state index < -0.39 is 0 Å². The van der Waals surface area contributed by atoms with Crippen LogP contribution in [0.15, 0.2) is 36.7 Å². The fourth-order valence-corrected chi connectivity index (χ4v) is 3.81. The van der Waals surface area contributed by atoms with Crippen LogP contribution in [0, 0.1) is 5.92 Å². The molecule has 0 spiro atoms. The molecule has 0 N–H and O–H groups in total. The Morgan fingerprint density at radius 1 is 1.44 bits per heavy atom. The number of amides is 1. The number of methoxy groups -OCH3 is 1. The lowest BCUT2D eigenvalue weighted by Gasteiger charge is -2.31. The molecular weight excluding hydrogens is 318 g/mol. The first-order chi connectivity index (χ1) is 12.2. The summed E-state index contributed by atoms with van der Waals surface area (Å²) in [5.74, 6) is 1.70. The number of hydrogen-bond acceptors (Lipinski definition) is 4. The molecule has 3 heterocycles. The molecule has 1 aromatic carbocycles. The maximum absolute atomic E-state index is 13.1. The van der Waals surface area contributed by atoms with Crippen molar-refractivity contribution in [3.63, 3.8) is 0 Å². The molecule has 2 atom stereocenters. The van der Waals surface area contributed by atoms with E-state index in [1.165, 1.54) is 0 Å². The zero-order chi connectivity index (χ0) is 17.2. The maximum Gasteiger partial charge on any atom is 0.229 e. The summed E-state index contributed by atoms with van der Waals surface area (Å²) in [6, 6.07) is 7.96. The summed E-state index contributed by atoms with van der Waals surface area (Å²) in [4.78, 5) is 15.1. The molecule has 1 amide bonds. The van der Waals surface area contributed by atoms with Crippen molar-refractivity contribution in [1.82, 2.24) is 14.7 Å². The normalized spacial score (nSPS) is 22.4. The lowest BCUT2D eigenvalue weighted by Crippen LogP contribution is -2.44. The molecule has 1 fully saturated rings. The standard InChI is InChI=1S/C19H23N3O3/c1-24-17-6-5-14-10-15(13-25-18(14)11-17)19(23)22-9-2-4-16(22)12-21-8-3-7-20-21/h3,5-8,11,15-16H,2,4,9-10,12-13H2,1H3/t15-,16-/m0/s1. The van der Waals surface area contributed by atoms with Crippen LogP contribution in [0.2, 0.25) is 0 Å². The van der Waals surface area contributed by atoms with Gasteiger partial charge in [0.15, 0.2) is 0 Å². The van der Waals surface area contributed by atoms with Gasteiger partial charge >= 0.3 is 0 Å². The zero-order valence-electron chi connectivity index (χ0n) is 14.4. The predicted octanol–water partition coefficient (Wildman–Crippen LogP) is 2.13. The summed E-state index contributed by atoms with van der Waals surface area (Å²) in [5.41, 5.74) is 1.08. The van der Waals surface area contributed by atoms with Gasteiger partial charge < -0.3 is 14.4 Å². The summed E-state index contributed by atoms with van der Waals surface area (Å²) >= 11 is 0. The third kappa shape index (κ3) is 3.21. The van der Waals surface area contributed by atoms with Crippen molar-refractivity contribution in [2.45, 2.75) is 31.8 Å². The number of nitrogens with zero attached hydrogens (tertiary/aromatic N) is 3. The molecule has 1 saturated heterocycles. The first kappa shape index (κ1) is 16.0. The van der Waals surface area contributed by atoms with Crippen LogP contribution in [0.1, 0.15) is 18.4 Å². The van der Waals surface area contributed by atoms with E-state index in [2.05, 4.69) is 5.10 Å². The van der Waals surface area contributed by atoms with Gasteiger partial charge in [0.25, 0.3) is 0 Å². The van der Waals surface area contributed by atoms with E-state index in [9.17, 15) is 4.79 Å². The number of ether oxygens (including phenoxy) is 2. The number of rotatable bonds is 4. The Kier molecular flexibility index (Phi) is 4.34. The van der Waals surface area contributed by atoms with E-state index in [4.69, 9.17) is 9.47 Å². The molecule has 0 aliphatic carbocycles. The van der Waals surface area contributed by atoms with E-state index in [0.717, 1.165) is 49.4 Å². The molecule has 4 rings (SSSR count). The number of fused-ring (bicyclic) bond motifs is 1. The average Bonchev–Trinajstić information content (AvgIpc) is 3.32. The van der Waals surface area contributed by atoms with Gasteiger partial charge in [-0.15, -0.1) is 0 Å². The quantitative estimate of drug-likeness (QED) is 0.855. The van der Waals surface area contributed by atoms with Crippen LogP contribution in [-0.4, -0.2) is 46.9 Å². The Bertz CT molecular complexity index is 744. The number of likely N-dealkylation sites (tertiary alicyclic amines) is 1. The Labute approximate surface area is 147 Å². The molecule has 2 aromatic rings. The van der Waals surface area contributed by atoms with Crippen molar-refractivity contribution < 1.29 is 14.3 Å². The molecule has 0 saturated carbocycles. The molecule has 0 radical (unpaired) electrons. The molecule has 1 aromatic heterocycles. The summed E-state index contributed by atoms with van der Waals surface area (Å²) in [5, 5.41) is 4.27. The van der Waals surface area contributed by atoms with Crippen LogP contribution in [0.3, 0.4) is 0 Å². The predicted molar refractivity (Wildman–Crippen MR) is 92.6 cm³/mol. The summed E-state index contributed by atoms with van der Waals surface area (Å²) in [6.45, 7) is 2.03. The van der Waals surface area contributed by atoms with Crippen molar-refractivity contribution in [3.05, 3.63) is 42.2 Å². The van der Waals surface area contributed by atoms with Gasteiger partial charge in [0.05, 0.1) is 25.6 Å². The maximum atomic E-state index is 13.1. The van der Waals surface area contributed by atoms with E-state index in [-0.39, 0.29) is 17.9 Å². The number of hydrogen-bond donors (Lipinski definition) is 0. The van der Waals surface area contributed by atoms with Crippen LogP contribution in [0.4, 0.5) is 0 Å². The van der Waals surface area contributed by atoms with Crippen molar-refractivity contribution in [3.8, 4) is 11.5 Å². The number of carbonyl (C=O) groups is 1. The van der Waals surface area contributed by atoms with Gasteiger partial charge in [0.1, 0.15) is 18.1 Å². The molecule has 132 valence electrons. The Hall–Kier alpha value is -2.50. The first-order valence-corrected chi connectivity index (χ1v) is 8.82. The van der Waals surface area contributed by atoms with E-state index >= 15 is 0 Å². The Morgan fingerprint density at radius 2 is 2.36 bits per heavy atom. The third-order valence-electron chi connectivity index (χ3n) is 5.15. The minimum absolute atomic E-state index is 0.112. The molecular formula is C19H23N3O3. The molecule has 2 aliphatic rings. The second kappa shape index (κ2) is 6.78. The fraction of sp³-hybridized carbons (Fsp3) is 0.474. The van der Waals surface area contributed by atoms with Gasteiger partial charge in [-0.25, -0.2) is 0 Å². The van der Waals surface area contributed by atoms with Gasteiger partial charge in [-0.3, -0.25) is 9.48 Å². The highest BCUT2D eigenvalue weighted by molar-refractivity contribution is 5.80. The van der Waals surface area contributed by atoms with Crippen molar-refractivity contribution in [1.29, 1.82) is 0 Å². The van der Waals surface area contributed by atoms with Crippen molar-refractivity contribution in [2.75, 3.05) is 20.3 Å². The van der Waals surface area contributed by atoms with Crippen LogP contribution >= 0.6 is 0 Å². The zero-order valence-corrected chi connectivity index (χ0v) is 14.4. The molecule has 25 heavy (non-hydrogen) atoms. The topological polar surface area (TPSA) is 56.6 Å². The lowest BCUT2D eigenvalue weighted by atomic mass is 9.95. The third-order valence-corrected chi connectivity index (χ3v) is 5.15. The SMILES string of the molecule is COc1ccc2c(c1)OC[C@@H](C(=O)N1CCC[C@H]1Cn1cccn1)C2. The van der Waals surface area contributed by atoms with E-state index in [1.54, 1.807) is 13.3 Å². The highest BCUT2D eigenvalue weighted by atomic mass is 16.5. The highest BCUT2D eigenvalue weighted by Gasteiger charge is 2.35. The number of aromatic nitrogens is 2. The minimum atomic E-state index is -0.112. The van der Waals surface area contributed by atoms with Gasteiger partial charge in [0.2, 0.25) is 5.91 Å². The second-order valence-electron chi connectivity index (χ2n) is 6.74. The number of carbonyl (C=O) groups excluding carboxylic acids is 1. The van der Waals surface area contributed by atoms with E-state index in [1.807, 2.05) is 40.0 Å². The first-order valence-electron chi connectivity index (χ1n) is 8.82. The van der Waals surface area contributed by atoms with Gasteiger partial charge in [-0.2, -0.15) is 5.10 Å². The molecule has 2 aliphatic heterocycles. The van der Waals surface area contributed by atoms with Crippen molar-refractivity contribution >= 4 is 5.91 Å². The Balaban J connectivity index is 1.45. The fourth-order valence-electron chi connectivity index (χ4n) is 3.81. The van der Waals surface area contributed by atoms with Gasteiger partial charge in [-0.05, 0) is 37.0 Å². The molecule has 0 bridgehead atoms. The monoisotopic (exact) mass is 341 g/mol. The van der Waals surface area contributed by atoms with Crippen LogP contribution < -0.4 is 9.47 Å². The minimum Gasteiger partial charge on any atom is -0.497 e. The number of benzene rings is 1. The average molecular weight is 341 g/mol. The molecule has 0 unspecified atom stereocenters. The summed E-state index contributed by atoms with van der Waals surface area (Å²) in [7, 11) is 1.64. The summed E-state index contributed by atoms with van der Waals surface area (Å²) in [6.07, 6.45) is 6.55. The van der Waals surface area contributed by atoms with Gasteiger partial charge in [-0.1, -0.05) is 6.07 Å². The summed E-state index contributed by atoms with van der Waals surface area (Å²) < 4.78 is 13.0. The smallest absolute Gasteiger partial charge is 0.229 e. The van der Waals surface area contributed by atoms with Crippen molar-refractivity contribution in [2.24, 2.45) is 5.92 Å².